The lowest BCUT2D eigenvalue weighted by atomic mass is 9.89. The summed E-state index contributed by atoms with van der Waals surface area (Å²) < 4.78 is 13.2. The van der Waals surface area contributed by atoms with Crippen molar-refractivity contribution in [2.75, 3.05) is 36.8 Å². The summed E-state index contributed by atoms with van der Waals surface area (Å²) in [7, 11) is 0. The topological polar surface area (TPSA) is 79.5 Å². The van der Waals surface area contributed by atoms with Crippen LogP contribution < -0.4 is 10.6 Å². The molecule has 0 spiro atoms. The largest absolute Gasteiger partial charge is 0.399 e. The van der Waals surface area contributed by atoms with E-state index < -0.39 is 0 Å². The van der Waals surface area contributed by atoms with Crippen molar-refractivity contribution < 1.29 is 14.0 Å². The molecule has 0 aliphatic carbocycles. The summed E-state index contributed by atoms with van der Waals surface area (Å²) in [5.74, 6) is -0.557. The van der Waals surface area contributed by atoms with Crippen LogP contribution in [-0.4, -0.2) is 47.8 Å². The van der Waals surface area contributed by atoms with Crippen LogP contribution in [0.15, 0.2) is 66.9 Å². The first-order chi connectivity index (χ1) is 16.4. The molecule has 1 amide bonds. The highest BCUT2D eigenvalue weighted by atomic mass is 35.5. The van der Waals surface area contributed by atoms with E-state index in [0.29, 0.717) is 35.6 Å². The van der Waals surface area contributed by atoms with Crippen molar-refractivity contribution in [3.05, 3.63) is 89.0 Å². The third-order valence-corrected chi connectivity index (χ3v) is 6.45. The number of carbonyl (C=O) groups excluding carboxylic acids is 2. The first-order valence-electron chi connectivity index (χ1n) is 11.2. The normalized spacial score (nSPS) is 14.6. The Hall–Kier alpha value is -3.29. The molecule has 1 saturated heterocycles. The summed E-state index contributed by atoms with van der Waals surface area (Å²) >= 11 is 6.32. The van der Waals surface area contributed by atoms with Gasteiger partial charge in [-0.15, -0.1) is 0 Å². The summed E-state index contributed by atoms with van der Waals surface area (Å²) in [5.41, 5.74) is 7.96. The number of nitrogens with two attached hydrogens (primary N) is 1. The van der Waals surface area contributed by atoms with E-state index in [2.05, 4.69) is 9.88 Å². The number of rotatable bonds is 7. The van der Waals surface area contributed by atoms with Crippen LogP contribution in [-0.2, 0) is 0 Å². The minimum atomic E-state index is -0.349. The molecule has 8 heteroatoms. The van der Waals surface area contributed by atoms with E-state index in [-0.39, 0.29) is 28.6 Å². The summed E-state index contributed by atoms with van der Waals surface area (Å²) in [6, 6.07) is 16.0. The van der Waals surface area contributed by atoms with Crippen LogP contribution in [0.2, 0.25) is 5.15 Å². The predicted octanol–water partition coefficient (Wildman–Crippen LogP) is 4.70. The van der Waals surface area contributed by atoms with Gasteiger partial charge in [-0.25, -0.2) is 9.37 Å². The minimum absolute atomic E-state index is 0.0574. The number of nitrogens with zero attached hydrogens (tertiary/aromatic N) is 3. The van der Waals surface area contributed by atoms with Gasteiger partial charge in [-0.3, -0.25) is 9.59 Å². The zero-order valence-corrected chi connectivity index (χ0v) is 19.4. The highest BCUT2D eigenvalue weighted by Crippen LogP contribution is 2.26. The number of hydrogen-bond donors (Lipinski definition) is 1. The molecule has 1 aromatic heterocycles. The molecule has 1 fully saturated rings. The number of pyridine rings is 1. The molecule has 0 unspecified atom stereocenters. The van der Waals surface area contributed by atoms with Crippen molar-refractivity contribution in [3.63, 3.8) is 0 Å². The second kappa shape index (κ2) is 10.8. The van der Waals surface area contributed by atoms with Crippen molar-refractivity contribution in [3.8, 4) is 0 Å². The molecule has 2 N–H and O–H groups in total. The lowest BCUT2D eigenvalue weighted by Gasteiger charge is -2.33. The van der Waals surface area contributed by atoms with Gasteiger partial charge in [0.15, 0.2) is 10.9 Å². The lowest BCUT2D eigenvalue weighted by molar-refractivity contribution is 0.0841. The summed E-state index contributed by atoms with van der Waals surface area (Å²) in [4.78, 5) is 34.1. The molecule has 3 aromatic rings. The Kier molecular flexibility index (Phi) is 7.55. The van der Waals surface area contributed by atoms with Gasteiger partial charge in [-0.05, 0) is 86.6 Å². The van der Waals surface area contributed by atoms with Gasteiger partial charge in [-0.1, -0.05) is 11.6 Å². The fraction of sp³-hybridized carbons (Fsp3) is 0.269. The first-order valence-corrected chi connectivity index (χ1v) is 11.6. The fourth-order valence-corrected chi connectivity index (χ4v) is 4.42. The van der Waals surface area contributed by atoms with Crippen LogP contribution in [0.25, 0.3) is 0 Å². The second-order valence-corrected chi connectivity index (χ2v) is 8.74. The maximum Gasteiger partial charge on any atom is 0.258 e. The minimum Gasteiger partial charge on any atom is -0.399 e. The Morgan fingerprint density at radius 2 is 1.68 bits per heavy atom. The van der Waals surface area contributed by atoms with Crippen LogP contribution in [0.4, 0.5) is 15.8 Å². The number of anilines is 2. The number of carbonyl (C=O) groups is 2. The molecule has 2 aromatic carbocycles. The SMILES string of the molecule is Nc1ccc(C(=O)N(CCN2CCC(C(=O)c3ccc(F)cc3)CC2)c2cccnc2Cl)cc1. The molecule has 1 aliphatic heterocycles. The number of piperidine rings is 1. The van der Waals surface area contributed by atoms with Crippen molar-refractivity contribution in [1.29, 1.82) is 0 Å². The summed E-state index contributed by atoms with van der Waals surface area (Å²) in [6.45, 7) is 2.53. The molecule has 176 valence electrons. The van der Waals surface area contributed by atoms with E-state index in [9.17, 15) is 14.0 Å². The average Bonchev–Trinajstić information content (AvgIpc) is 2.86. The van der Waals surface area contributed by atoms with Crippen LogP contribution >= 0.6 is 11.6 Å². The maximum atomic E-state index is 13.3. The van der Waals surface area contributed by atoms with E-state index in [1.54, 1.807) is 59.6 Å². The van der Waals surface area contributed by atoms with Gasteiger partial charge in [0.2, 0.25) is 0 Å². The molecule has 1 aliphatic rings. The summed E-state index contributed by atoms with van der Waals surface area (Å²) in [6.07, 6.45) is 3.02. The number of aromatic nitrogens is 1. The van der Waals surface area contributed by atoms with Gasteiger partial charge in [-0.2, -0.15) is 0 Å². The van der Waals surface area contributed by atoms with Gasteiger partial charge >= 0.3 is 0 Å². The number of Topliss-reactive ketones (excluding diaryl/α,β-unsaturated/α-hetero) is 1. The zero-order valence-electron chi connectivity index (χ0n) is 18.7. The number of amides is 1. The van der Waals surface area contributed by atoms with Crippen molar-refractivity contribution >= 4 is 34.7 Å². The molecular weight excluding hydrogens is 455 g/mol. The van der Waals surface area contributed by atoms with Crippen molar-refractivity contribution in [1.82, 2.24) is 9.88 Å². The monoisotopic (exact) mass is 480 g/mol. The van der Waals surface area contributed by atoms with Crippen molar-refractivity contribution in [2.24, 2.45) is 5.92 Å². The Balaban J connectivity index is 1.40. The number of ketones is 1. The average molecular weight is 481 g/mol. The predicted molar refractivity (Wildman–Crippen MR) is 132 cm³/mol. The van der Waals surface area contributed by atoms with Gasteiger partial charge in [0.25, 0.3) is 5.91 Å². The Morgan fingerprint density at radius 3 is 2.32 bits per heavy atom. The molecule has 6 nitrogen and oxygen atoms in total. The molecule has 34 heavy (non-hydrogen) atoms. The number of hydrogen-bond acceptors (Lipinski definition) is 5. The van der Waals surface area contributed by atoms with Gasteiger partial charge in [0.1, 0.15) is 5.82 Å². The van der Waals surface area contributed by atoms with Gasteiger partial charge in [0.05, 0.1) is 5.69 Å². The van der Waals surface area contributed by atoms with Crippen LogP contribution in [0.5, 0.6) is 0 Å². The van der Waals surface area contributed by atoms with E-state index in [1.807, 2.05) is 0 Å². The maximum absolute atomic E-state index is 13.3. The number of halogens is 2. The van der Waals surface area contributed by atoms with E-state index in [1.165, 1.54) is 12.1 Å². The smallest absolute Gasteiger partial charge is 0.258 e. The van der Waals surface area contributed by atoms with E-state index in [4.69, 9.17) is 17.3 Å². The molecular formula is C26H26ClFN4O2. The lowest BCUT2D eigenvalue weighted by Crippen LogP contribution is -2.43. The summed E-state index contributed by atoms with van der Waals surface area (Å²) in [5, 5.41) is 0.259. The molecule has 0 bridgehead atoms. The Labute approximate surface area is 203 Å². The number of benzene rings is 2. The van der Waals surface area contributed by atoms with Crippen LogP contribution in [0, 0.1) is 11.7 Å². The van der Waals surface area contributed by atoms with Crippen LogP contribution in [0.3, 0.4) is 0 Å². The number of likely N-dealkylation sites (tertiary alicyclic amines) is 1. The van der Waals surface area contributed by atoms with Gasteiger partial charge < -0.3 is 15.5 Å². The van der Waals surface area contributed by atoms with Crippen LogP contribution in [0.1, 0.15) is 33.6 Å². The van der Waals surface area contributed by atoms with Gasteiger partial charge in [0, 0.05) is 42.0 Å². The third-order valence-electron chi connectivity index (χ3n) is 6.16. The fourth-order valence-electron chi connectivity index (χ4n) is 4.20. The Bertz CT molecular complexity index is 1150. The number of nitrogen functional groups attached to an aromatic ring is 1. The molecule has 4 rings (SSSR count). The Morgan fingerprint density at radius 1 is 1.03 bits per heavy atom. The highest BCUT2D eigenvalue weighted by Gasteiger charge is 2.27. The second-order valence-electron chi connectivity index (χ2n) is 8.38. The molecule has 0 atom stereocenters. The quantitative estimate of drug-likeness (QED) is 0.301. The standard InChI is InChI=1S/C26H26ClFN4O2/c27-25-23(2-1-13-30-25)32(26(34)20-5-9-22(29)10-6-20)17-16-31-14-11-19(12-15-31)24(33)18-3-7-21(28)8-4-18/h1-10,13,19H,11-12,14-17,29H2. The zero-order chi connectivity index (χ0) is 24.1. The van der Waals surface area contributed by atoms with E-state index in [0.717, 1.165) is 25.9 Å². The van der Waals surface area contributed by atoms with E-state index >= 15 is 0 Å². The molecule has 0 radical (unpaired) electrons. The third kappa shape index (κ3) is 5.61. The van der Waals surface area contributed by atoms with Crippen molar-refractivity contribution in [2.45, 2.75) is 12.8 Å². The first kappa shape index (κ1) is 23.9. The molecule has 0 saturated carbocycles. The molecule has 2 heterocycles. The highest BCUT2D eigenvalue weighted by molar-refractivity contribution is 6.32.